The average Bonchev–Trinajstić information content (AvgIpc) is 3.33. The fourth-order valence-electron chi connectivity index (χ4n) is 3.46. The fraction of sp³-hybridized carbons (Fsp3) is 0.250. The van der Waals surface area contributed by atoms with Gasteiger partial charge in [0.15, 0.2) is 5.13 Å². The Kier molecular flexibility index (Phi) is 6.32. The van der Waals surface area contributed by atoms with Crippen LogP contribution < -0.4 is 10.1 Å². The van der Waals surface area contributed by atoms with E-state index < -0.39 is 0 Å². The normalized spacial score (nSPS) is 12.9. The number of anilines is 1. The molecule has 0 radical (unpaired) electrons. The van der Waals surface area contributed by atoms with Gasteiger partial charge in [0.05, 0.1) is 22.9 Å². The van der Waals surface area contributed by atoms with Crippen LogP contribution in [-0.2, 0) is 4.79 Å². The summed E-state index contributed by atoms with van der Waals surface area (Å²) in [6.45, 7) is 4.15. The predicted molar refractivity (Wildman–Crippen MR) is 123 cm³/mol. The molecule has 2 aromatic carbocycles. The van der Waals surface area contributed by atoms with Gasteiger partial charge in [0, 0.05) is 23.9 Å². The number of carbonyl (C=O) groups excluding carboxylic acids is 3. The van der Waals surface area contributed by atoms with Gasteiger partial charge in [-0.05, 0) is 56.7 Å². The van der Waals surface area contributed by atoms with Crippen molar-refractivity contribution in [1.82, 2.24) is 9.88 Å². The summed E-state index contributed by atoms with van der Waals surface area (Å²) in [7, 11) is 0. The Morgan fingerprint density at radius 1 is 1.06 bits per heavy atom. The molecule has 3 aromatic rings. The molecule has 0 saturated heterocycles. The van der Waals surface area contributed by atoms with E-state index in [2.05, 4.69) is 10.3 Å². The van der Waals surface area contributed by atoms with Crippen molar-refractivity contribution in [3.63, 3.8) is 0 Å². The van der Waals surface area contributed by atoms with Crippen LogP contribution in [0.3, 0.4) is 0 Å². The van der Waals surface area contributed by atoms with E-state index in [9.17, 15) is 14.4 Å². The maximum Gasteiger partial charge on any atom is 0.261 e. The molecule has 0 saturated carbocycles. The van der Waals surface area contributed by atoms with E-state index in [0.29, 0.717) is 22.7 Å². The highest BCUT2D eigenvalue weighted by Gasteiger charge is 2.34. The largest absolute Gasteiger partial charge is 0.491 e. The second-order valence-corrected chi connectivity index (χ2v) is 8.55. The van der Waals surface area contributed by atoms with Crippen molar-refractivity contribution in [3.8, 4) is 17.0 Å². The standard InChI is InChI=1S/C24H23N3O4S/c1-15(2)31-17-11-9-16(10-12-17)20-14-32-24(25-20)26-21(28)8-5-13-27-22(29)18-6-3-4-7-19(18)23(27)30/h3-4,6-7,9-12,14-15H,5,8,13H2,1-2H3,(H,25,26,28). The third-order valence-corrected chi connectivity index (χ3v) is 5.69. The van der Waals surface area contributed by atoms with Crippen molar-refractivity contribution in [2.75, 3.05) is 11.9 Å². The number of amides is 3. The average molecular weight is 450 g/mol. The number of nitrogens with zero attached hydrogens (tertiary/aromatic N) is 2. The van der Waals surface area contributed by atoms with E-state index in [1.165, 1.54) is 16.2 Å². The van der Waals surface area contributed by atoms with Gasteiger partial charge < -0.3 is 10.1 Å². The Balaban J connectivity index is 1.28. The van der Waals surface area contributed by atoms with E-state index in [-0.39, 0.29) is 36.8 Å². The van der Waals surface area contributed by atoms with Crippen LogP contribution >= 0.6 is 11.3 Å². The molecular formula is C24H23N3O4S. The number of thiazole rings is 1. The molecule has 7 nitrogen and oxygen atoms in total. The Morgan fingerprint density at radius 2 is 1.72 bits per heavy atom. The minimum atomic E-state index is -0.305. The van der Waals surface area contributed by atoms with Crippen molar-refractivity contribution in [3.05, 3.63) is 65.0 Å². The highest BCUT2D eigenvalue weighted by Crippen LogP contribution is 2.27. The molecule has 0 bridgehead atoms. The number of aromatic nitrogens is 1. The number of hydrogen-bond donors (Lipinski definition) is 1. The Hall–Kier alpha value is -3.52. The molecule has 3 amide bonds. The van der Waals surface area contributed by atoms with E-state index in [1.807, 2.05) is 43.5 Å². The number of nitrogens with one attached hydrogen (secondary N) is 1. The first-order valence-electron chi connectivity index (χ1n) is 10.4. The smallest absolute Gasteiger partial charge is 0.261 e. The number of rotatable bonds is 8. The third-order valence-electron chi connectivity index (χ3n) is 4.94. The van der Waals surface area contributed by atoms with Crippen LogP contribution in [0.25, 0.3) is 11.3 Å². The summed E-state index contributed by atoms with van der Waals surface area (Å²) in [6, 6.07) is 14.4. The summed E-state index contributed by atoms with van der Waals surface area (Å²) in [5, 5.41) is 5.18. The maximum absolute atomic E-state index is 12.4. The van der Waals surface area contributed by atoms with Crippen molar-refractivity contribution in [2.45, 2.75) is 32.8 Å². The summed E-state index contributed by atoms with van der Waals surface area (Å²) in [4.78, 5) is 42.7. The lowest BCUT2D eigenvalue weighted by Crippen LogP contribution is -2.31. The van der Waals surface area contributed by atoms with Crippen LogP contribution in [0.5, 0.6) is 5.75 Å². The molecule has 1 aromatic heterocycles. The first kappa shape index (κ1) is 21.7. The van der Waals surface area contributed by atoms with Crippen molar-refractivity contribution in [1.29, 1.82) is 0 Å². The second-order valence-electron chi connectivity index (χ2n) is 7.69. The van der Waals surface area contributed by atoms with Crippen LogP contribution in [0.15, 0.2) is 53.9 Å². The van der Waals surface area contributed by atoms with Crippen LogP contribution in [0.2, 0.25) is 0 Å². The lowest BCUT2D eigenvalue weighted by atomic mass is 10.1. The van der Waals surface area contributed by atoms with Crippen molar-refractivity contribution < 1.29 is 19.1 Å². The maximum atomic E-state index is 12.4. The van der Waals surface area contributed by atoms with Gasteiger partial charge in [-0.1, -0.05) is 12.1 Å². The van der Waals surface area contributed by atoms with Gasteiger partial charge in [0.2, 0.25) is 5.91 Å². The Bertz CT molecular complexity index is 1120. The number of fused-ring (bicyclic) bond motifs is 1. The van der Waals surface area contributed by atoms with E-state index in [1.54, 1.807) is 24.3 Å². The molecule has 0 atom stereocenters. The van der Waals surface area contributed by atoms with Gasteiger partial charge in [-0.15, -0.1) is 11.3 Å². The minimum absolute atomic E-state index is 0.110. The molecule has 0 spiro atoms. The van der Waals surface area contributed by atoms with Crippen molar-refractivity contribution >= 4 is 34.2 Å². The molecule has 1 aliphatic heterocycles. The van der Waals surface area contributed by atoms with E-state index >= 15 is 0 Å². The number of imide groups is 1. The molecular weight excluding hydrogens is 426 g/mol. The quantitative estimate of drug-likeness (QED) is 0.507. The van der Waals surface area contributed by atoms with Crippen molar-refractivity contribution in [2.24, 2.45) is 0 Å². The van der Waals surface area contributed by atoms with Crippen LogP contribution in [0, 0.1) is 0 Å². The molecule has 0 aliphatic carbocycles. The zero-order valence-electron chi connectivity index (χ0n) is 17.8. The molecule has 0 unspecified atom stereocenters. The first-order chi connectivity index (χ1) is 15.4. The topological polar surface area (TPSA) is 88.6 Å². The van der Waals surface area contributed by atoms with E-state index in [4.69, 9.17) is 4.74 Å². The minimum Gasteiger partial charge on any atom is -0.491 e. The zero-order valence-corrected chi connectivity index (χ0v) is 18.6. The predicted octanol–water partition coefficient (Wildman–Crippen LogP) is 4.61. The number of benzene rings is 2. The molecule has 2 heterocycles. The summed E-state index contributed by atoms with van der Waals surface area (Å²) >= 11 is 1.35. The highest BCUT2D eigenvalue weighted by molar-refractivity contribution is 7.14. The Labute approximate surface area is 190 Å². The molecule has 1 aliphatic rings. The second kappa shape index (κ2) is 9.32. The number of ether oxygens (including phenoxy) is 1. The first-order valence-corrected chi connectivity index (χ1v) is 11.3. The Morgan fingerprint density at radius 3 is 2.34 bits per heavy atom. The lowest BCUT2D eigenvalue weighted by molar-refractivity contribution is -0.116. The molecule has 0 fully saturated rings. The third kappa shape index (κ3) is 4.70. The van der Waals surface area contributed by atoms with E-state index in [0.717, 1.165) is 17.0 Å². The van der Waals surface area contributed by atoms with Gasteiger partial charge in [-0.2, -0.15) is 0 Å². The van der Waals surface area contributed by atoms with Gasteiger partial charge >= 0.3 is 0 Å². The van der Waals surface area contributed by atoms with Crippen LogP contribution in [-0.4, -0.2) is 40.3 Å². The van der Waals surface area contributed by atoms with Crippen LogP contribution in [0.1, 0.15) is 47.4 Å². The van der Waals surface area contributed by atoms with Gasteiger partial charge in [-0.3, -0.25) is 19.3 Å². The summed E-state index contributed by atoms with van der Waals surface area (Å²) in [6.07, 6.45) is 0.676. The molecule has 1 N–H and O–H groups in total. The summed E-state index contributed by atoms with van der Waals surface area (Å²) < 4.78 is 5.65. The summed E-state index contributed by atoms with van der Waals surface area (Å²) in [5.41, 5.74) is 2.54. The molecule has 32 heavy (non-hydrogen) atoms. The zero-order chi connectivity index (χ0) is 22.7. The monoisotopic (exact) mass is 449 g/mol. The van der Waals surface area contributed by atoms with Gasteiger partial charge in [0.25, 0.3) is 11.8 Å². The fourth-order valence-corrected chi connectivity index (χ4v) is 4.20. The number of hydrogen-bond acceptors (Lipinski definition) is 6. The van der Waals surface area contributed by atoms with Gasteiger partial charge in [0.1, 0.15) is 5.75 Å². The molecule has 8 heteroatoms. The van der Waals surface area contributed by atoms with Crippen LogP contribution in [0.4, 0.5) is 5.13 Å². The lowest BCUT2D eigenvalue weighted by Gasteiger charge is -2.13. The number of carbonyl (C=O) groups is 3. The summed E-state index contributed by atoms with van der Waals surface area (Å²) in [5.74, 6) is -0.0190. The van der Waals surface area contributed by atoms with Gasteiger partial charge in [-0.25, -0.2) is 4.98 Å². The SMILES string of the molecule is CC(C)Oc1ccc(-c2csc(NC(=O)CCCN3C(=O)c4ccccc4C3=O)n2)cc1. The molecule has 4 rings (SSSR count). The highest BCUT2D eigenvalue weighted by atomic mass is 32.1. The molecule has 164 valence electrons.